The second kappa shape index (κ2) is 5.91. The van der Waals surface area contributed by atoms with Crippen LogP contribution in [0, 0.1) is 6.92 Å². The van der Waals surface area contributed by atoms with Gasteiger partial charge >= 0.3 is 0 Å². The molecule has 0 unspecified atom stereocenters. The van der Waals surface area contributed by atoms with Crippen LogP contribution in [-0.2, 0) is 6.54 Å². The lowest BCUT2D eigenvalue weighted by atomic mass is 10.1. The van der Waals surface area contributed by atoms with Crippen LogP contribution in [0.4, 0.5) is 5.69 Å². The van der Waals surface area contributed by atoms with Crippen LogP contribution < -0.4 is 10.1 Å². The summed E-state index contributed by atoms with van der Waals surface area (Å²) in [7, 11) is 1.70. The molecule has 0 aliphatic heterocycles. The van der Waals surface area contributed by atoms with Crippen LogP contribution in [0.5, 0.6) is 5.75 Å². The number of hydrogen-bond acceptors (Lipinski definition) is 2. The molecule has 0 fully saturated rings. The van der Waals surface area contributed by atoms with Gasteiger partial charge in [-0.1, -0.05) is 28.1 Å². The first-order chi connectivity index (χ1) is 8.69. The number of anilines is 1. The Bertz CT molecular complexity index is 523. The van der Waals surface area contributed by atoms with Gasteiger partial charge in [0, 0.05) is 16.7 Å². The highest BCUT2D eigenvalue weighted by molar-refractivity contribution is 9.10. The Kier molecular flexibility index (Phi) is 4.26. The van der Waals surface area contributed by atoms with Crippen molar-refractivity contribution in [1.82, 2.24) is 0 Å². The molecule has 0 aromatic heterocycles. The van der Waals surface area contributed by atoms with Gasteiger partial charge < -0.3 is 10.1 Å². The van der Waals surface area contributed by atoms with Gasteiger partial charge in [-0.3, -0.25) is 0 Å². The van der Waals surface area contributed by atoms with E-state index in [9.17, 15) is 0 Å². The number of methoxy groups -OCH3 is 1. The summed E-state index contributed by atoms with van der Waals surface area (Å²) in [6.07, 6.45) is 0. The van der Waals surface area contributed by atoms with Crippen LogP contribution in [0.1, 0.15) is 11.1 Å². The highest BCUT2D eigenvalue weighted by Crippen LogP contribution is 2.20. The number of halogens is 1. The Hall–Kier alpha value is -1.48. The summed E-state index contributed by atoms with van der Waals surface area (Å²) >= 11 is 3.43. The molecule has 18 heavy (non-hydrogen) atoms. The highest BCUT2D eigenvalue weighted by atomic mass is 79.9. The van der Waals surface area contributed by atoms with E-state index in [1.165, 1.54) is 5.56 Å². The van der Waals surface area contributed by atoms with E-state index in [2.05, 4.69) is 52.4 Å². The van der Waals surface area contributed by atoms with Crippen molar-refractivity contribution in [2.75, 3.05) is 12.4 Å². The predicted octanol–water partition coefficient (Wildman–Crippen LogP) is 4.38. The van der Waals surface area contributed by atoms with Crippen LogP contribution >= 0.6 is 15.9 Å². The minimum Gasteiger partial charge on any atom is -0.496 e. The van der Waals surface area contributed by atoms with E-state index in [0.717, 1.165) is 28.0 Å². The number of benzene rings is 2. The van der Waals surface area contributed by atoms with E-state index in [1.807, 2.05) is 18.2 Å². The molecule has 0 atom stereocenters. The molecule has 94 valence electrons. The Morgan fingerprint density at radius 2 is 1.83 bits per heavy atom. The van der Waals surface area contributed by atoms with Gasteiger partial charge in [-0.25, -0.2) is 0 Å². The van der Waals surface area contributed by atoms with Crippen molar-refractivity contribution < 1.29 is 4.74 Å². The number of hydrogen-bond donors (Lipinski definition) is 1. The van der Waals surface area contributed by atoms with E-state index in [1.54, 1.807) is 7.11 Å². The minimum absolute atomic E-state index is 0.812. The Morgan fingerprint density at radius 3 is 2.44 bits per heavy atom. The largest absolute Gasteiger partial charge is 0.496 e. The minimum atomic E-state index is 0.812. The average Bonchev–Trinajstić information content (AvgIpc) is 2.38. The third-order valence-electron chi connectivity index (χ3n) is 2.80. The zero-order valence-electron chi connectivity index (χ0n) is 10.5. The summed E-state index contributed by atoms with van der Waals surface area (Å²) in [6, 6.07) is 14.4. The third-order valence-corrected chi connectivity index (χ3v) is 3.33. The number of rotatable bonds is 4. The quantitative estimate of drug-likeness (QED) is 0.905. The molecule has 0 heterocycles. The molecule has 2 nitrogen and oxygen atoms in total. The van der Waals surface area contributed by atoms with Crippen molar-refractivity contribution >= 4 is 21.6 Å². The lowest BCUT2D eigenvalue weighted by molar-refractivity contribution is 0.411. The first-order valence-corrected chi connectivity index (χ1v) is 6.61. The fraction of sp³-hybridized carbons (Fsp3) is 0.200. The normalized spacial score (nSPS) is 10.2. The monoisotopic (exact) mass is 305 g/mol. The second-order valence-corrected chi connectivity index (χ2v) is 5.08. The smallest absolute Gasteiger partial charge is 0.121 e. The molecule has 0 aliphatic rings. The molecule has 0 amide bonds. The maximum atomic E-state index is 5.25. The Morgan fingerprint density at radius 1 is 1.11 bits per heavy atom. The molecular formula is C15H16BrNO. The van der Waals surface area contributed by atoms with Gasteiger partial charge in [0.15, 0.2) is 0 Å². The first kappa shape index (κ1) is 13.0. The van der Waals surface area contributed by atoms with Gasteiger partial charge in [0.1, 0.15) is 5.75 Å². The molecule has 1 N–H and O–H groups in total. The molecule has 0 radical (unpaired) electrons. The molecule has 0 saturated heterocycles. The molecule has 0 saturated carbocycles. The van der Waals surface area contributed by atoms with Gasteiger partial charge in [-0.05, 0) is 48.4 Å². The van der Waals surface area contributed by atoms with Crippen LogP contribution in [-0.4, -0.2) is 7.11 Å². The first-order valence-electron chi connectivity index (χ1n) is 5.82. The molecule has 2 rings (SSSR count). The van der Waals surface area contributed by atoms with Gasteiger partial charge in [0.25, 0.3) is 0 Å². The van der Waals surface area contributed by atoms with Gasteiger partial charge in [0.2, 0.25) is 0 Å². The zero-order chi connectivity index (χ0) is 13.0. The summed E-state index contributed by atoms with van der Waals surface area (Å²) in [4.78, 5) is 0. The van der Waals surface area contributed by atoms with Crippen molar-refractivity contribution in [3.05, 3.63) is 58.1 Å². The van der Waals surface area contributed by atoms with Crippen LogP contribution in [0.3, 0.4) is 0 Å². The van der Waals surface area contributed by atoms with Gasteiger partial charge in [-0.2, -0.15) is 0 Å². The molecule has 2 aromatic carbocycles. The summed E-state index contributed by atoms with van der Waals surface area (Å²) in [5.74, 6) is 0.933. The van der Waals surface area contributed by atoms with Crippen molar-refractivity contribution in [3.8, 4) is 5.75 Å². The van der Waals surface area contributed by atoms with Crippen LogP contribution in [0.15, 0.2) is 46.9 Å². The summed E-state index contributed by atoms with van der Waals surface area (Å²) in [5.41, 5.74) is 3.52. The molecule has 0 bridgehead atoms. The number of aryl methyl sites for hydroxylation is 1. The lowest BCUT2D eigenvalue weighted by Gasteiger charge is -2.09. The van der Waals surface area contributed by atoms with E-state index >= 15 is 0 Å². The van der Waals surface area contributed by atoms with Crippen LogP contribution in [0.2, 0.25) is 0 Å². The molecule has 2 aromatic rings. The fourth-order valence-corrected chi connectivity index (χ4v) is 2.09. The van der Waals surface area contributed by atoms with E-state index in [0.29, 0.717) is 0 Å². The van der Waals surface area contributed by atoms with Gasteiger partial charge in [0.05, 0.1) is 7.11 Å². The number of ether oxygens (including phenoxy) is 1. The SMILES string of the molecule is COc1ccc(CNc2ccc(Br)cc2)cc1C. The van der Waals surface area contributed by atoms with E-state index in [-0.39, 0.29) is 0 Å². The summed E-state index contributed by atoms with van der Waals surface area (Å²) in [6.45, 7) is 2.87. The molecule has 0 spiro atoms. The third kappa shape index (κ3) is 3.26. The average molecular weight is 306 g/mol. The number of nitrogens with one attached hydrogen (secondary N) is 1. The topological polar surface area (TPSA) is 21.3 Å². The fourth-order valence-electron chi connectivity index (χ4n) is 1.82. The lowest BCUT2D eigenvalue weighted by Crippen LogP contribution is -2.00. The van der Waals surface area contributed by atoms with Crippen molar-refractivity contribution in [3.63, 3.8) is 0 Å². The summed E-state index contributed by atoms with van der Waals surface area (Å²) in [5, 5.41) is 3.39. The molecule has 0 aliphatic carbocycles. The van der Waals surface area contributed by atoms with Crippen LogP contribution in [0.25, 0.3) is 0 Å². The standard InChI is InChI=1S/C15H16BrNO/c1-11-9-12(3-8-15(11)18-2)10-17-14-6-4-13(16)5-7-14/h3-9,17H,10H2,1-2H3. The summed E-state index contributed by atoms with van der Waals surface area (Å²) < 4.78 is 6.34. The van der Waals surface area contributed by atoms with Crippen molar-refractivity contribution in [2.24, 2.45) is 0 Å². The predicted molar refractivity (Wildman–Crippen MR) is 79.2 cm³/mol. The van der Waals surface area contributed by atoms with Gasteiger partial charge in [-0.15, -0.1) is 0 Å². The zero-order valence-corrected chi connectivity index (χ0v) is 12.1. The molecule has 3 heteroatoms. The Balaban J connectivity index is 2.02. The van der Waals surface area contributed by atoms with Crippen molar-refractivity contribution in [2.45, 2.75) is 13.5 Å². The Labute approximate surface area is 116 Å². The second-order valence-electron chi connectivity index (χ2n) is 4.16. The maximum Gasteiger partial charge on any atom is 0.121 e. The maximum absolute atomic E-state index is 5.25. The highest BCUT2D eigenvalue weighted by Gasteiger charge is 2.00. The molecular weight excluding hydrogens is 290 g/mol. The van der Waals surface area contributed by atoms with E-state index < -0.39 is 0 Å². The van der Waals surface area contributed by atoms with Crippen molar-refractivity contribution in [1.29, 1.82) is 0 Å². The van der Waals surface area contributed by atoms with E-state index in [4.69, 9.17) is 4.74 Å².